The molecule has 0 aromatic carbocycles. The minimum absolute atomic E-state index is 0.111. The predicted molar refractivity (Wildman–Crippen MR) is 88.9 cm³/mol. The van der Waals surface area contributed by atoms with Crippen LogP contribution in [0.3, 0.4) is 0 Å². The van der Waals surface area contributed by atoms with E-state index in [1.165, 1.54) is 5.56 Å². The lowest BCUT2D eigenvalue weighted by atomic mass is 9.53. The molecule has 0 fully saturated rings. The highest BCUT2D eigenvalue weighted by molar-refractivity contribution is 6.38. The van der Waals surface area contributed by atoms with E-state index < -0.39 is 11.0 Å². The number of hydrogen-bond acceptors (Lipinski definition) is 3. The van der Waals surface area contributed by atoms with Crippen LogP contribution in [0, 0.1) is 5.41 Å². The van der Waals surface area contributed by atoms with Crippen LogP contribution in [-0.4, -0.2) is 23.8 Å². The first-order valence-electron chi connectivity index (χ1n) is 7.79. The van der Waals surface area contributed by atoms with Crippen molar-refractivity contribution in [2.24, 2.45) is 5.41 Å². The summed E-state index contributed by atoms with van der Waals surface area (Å²) in [7, 11) is 0.979. The van der Waals surface area contributed by atoms with Gasteiger partial charge in [-0.1, -0.05) is 33.5 Å². The first-order chi connectivity index (χ1) is 9.65. The van der Waals surface area contributed by atoms with Gasteiger partial charge in [-0.25, -0.2) is 0 Å². The van der Waals surface area contributed by atoms with E-state index in [1.54, 1.807) is 0 Å². The van der Waals surface area contributed by atoms with E-state index in [-0.39, 0.29) is 5.97 Å². The fraction of sp³-hybridized carbons (Fsp3) is 0.647. The molecule has 1 unspecified atom stereocenters. The van der Waals surface area contributed by atoms with E-state index in [1.807, 2.05) is 47.0 Å². The lowest BCUT2D eigenvalue weighted by Crippen LogP contribution is -2.35. The standard InChI is InChI=1S/C17H28BNO2/c1-7-14(13-8-10-19-11-9-13)18-12-17(5,6)15(20)21-16(2,3)4/h8-11,14,18H,7,12H2,1-6H3. The van der Waals surface area contributed by atoms with E-state index in [9.17, 15) is 4.79 Å². The topological polar surface area (TPSA) is 39.2 Å². The van der Waals surface area contributed by atoms with Crippen LogP contribution in [0.2, 0.25) is 6.32 Å². The molecule has 1 rings (SSSR count). The molecule has 0 aliphatic carbocycles. The summed E-state index contributed by atoms with van der Waals surface area (Å²) in [6.45, 7) is 11.9. The van der Waals surface area contributed by atoms with Crippen molar-refractivity contribution in [2.75, 3.05) is 0 Å². The van der Waals surface area contributed by atoms with Crippen LogP contribution in [-0.2, 0) is 9.53 Å². The Labute approximate surface area is 129 Å². The van der Waals surface area contributed by atoms with Gasteiger partial charge in [0.2, 0.25) is 0 Å². The van der Waals surface area contributed by atoms with Crippen molar-refractivity contribution in [1.29, 1.82) is 0 Å². The van der Waals surface area contributed by atoms with Crippen LogP contribution in [0.15, 0.2) is 24.5 Å². The summed E-state index contributed by atoms with van der Waals surface area (Å²) in [6, 6.07) is 4.13. The van der Waals surface area contributed by atoms with E-state index in [2.05, 4.69) is 24.0 Å². The maximum atomic E-state index is 12.3. The molecule has 116 valence electrons. The first-order valence-corrected chi connectivity index (χ1v) is 7.79. The zero-order valence-corrected chi connectivity index (χ0v) is 14.3. The van der Waals surface area contributed by atoms with Crippen LogP contribution in [0.5, 0.6) is 0 Å². The number of aromatic nitrogens is 1. The Hall–Kier alpha value is -1.32. The van der Waals surface area contributed by atoms with Gasteiger partial charge in [-0.05, 0) is 44.3 Å². The van der Waals surface area contributed by atoms with Crippen molar-refractivity contribution in [3.8, 4) is 0 Å². The van der Waals surface area contributed by atoms with Gasteiger partial charge < -0.3 is 4.74 Å². The van der Waals surface area contributed by atoms with Crippen molar-refractivity contribution < 1.29 is 9.53 Å². The highest BCUT2D eigenvalue weighted by Gasteiger charge is 2.33. The molecule has 0 bridgehead atoms. The minimum atomic E-state index is -0.451. The number of carbonyl (C=O) groups excluding carboxylic acids is 1. The molecule has 0 N–H and O–H groups in total. The molecule has 0 aliphatic heterocycles. The molecule has 1 aromatic heterocycles. The zero-order valence-electron chi connectivity index (χ0n) is 14.3. The molecule has 1 atom stereocenters. The lowest BCUT2D eigenvalue weighted by molar-refractivity contribution is -0.164. The van der Waals surface area contributed by atoms with Gasteiger partial charge >= 0.3 is 5.97 Å². The normalized spacial score (nSPS) is 13.6. The zero-order chi connectivity index (χ0) is 16.1. The van der Waals surface area contributed by atoms with Crippen LogP contribution in [0.1, 0.15) is 59.3 Å². The monoisotopic (exact) mass is 289 g/mol. The second-order valence-corrected chi connectivity index (χ2v) is 7.31. The highest BCUT2D eigenvalue weighted by Crippen LogP contribution is 2.29. The SMILES string of the molecule is CCC(BCC(C)(C)C(=O)OC(C)(C)C)c1ccncc1. The van der Waals surface area contributed by atoms with E-state index in [0.29, 0.717) is 5.82 Å². The molecule has 0 amide bonds. The number of ether oxygens (including phenoxy) is 1. The summed E-state index contributed by atoms with van der Waals surface area (Å²) in [6.07, 6.45) is 5.55. The van der Waals surface area contributed by atoms with Crippen molar-refractivity contribution in [2.45, 2.75) is 65.7 Å². The van der Waals surface area contributed by atoms with Gasteiger partial charge in [-0.15, -0.1) is 0 Å². The minimum Gasteiger partial charge on any atom is -0.460 e. The summed E-state index contributed by atoms with van der Waals surface area (Å²) in [5.74, 6) is 0.356. The third-order valence-corrected chi connectivity index (χ3v) is 3.74. The van der Waals surface area contributed by atoms with Gasteiger partial charge in [-0.3, -0.25) is 9.78 Å². The average Bonchev–Trinajstić information content (AvgIpc) is 2.38. The van der Waals surface area contributed by atoms with E-state index >= 15 is 0 Å². The molecule has 0 saturated heterocycles. The van der Waals surface area contributed by atoms with Gasteiger partial charge in [0.15, 0.2) is 0 Å². The molecule has 0 saturated carbocycles. The number of pyridine rings is 1. The summed E-state index contributed by atoms with van der Waals surface area (Å²) in [4.78, 5) is 16.4. The number of esters is 1. The Morgan fingerprint density at radius 2 is 1.81 bits per heavy atom. The second-order valence-electron chi connectivity index (χ2n) is 7.31. The quantitative estimate of drug-likeness (QED) is 0.591. The van der Waals surface area contributed by atoms with Gasteiger partial charge in [-0.2, -0.15) is 0 Å². The van der Waals surface area contributed by atoms with Gasteiger partial charge in [0.05, 0.1) is 5.41 Å². The fourth-order valence-electron chi connectivity index (χ4n) is 2.30. The van der Waals surface area contributed by atoms with Crippen molar-refractivity contribution in [3.63, 3.8) is 0 Å². The Kier molecular flexibility index (Phi) is 6.00. The van der Waals surface area contributed by atoms with Crippen molar-refractivity contribution in [3.05, 3.63) is 30.1 Å². The van der Waals surface area contributed by atoms with Crippen LogP contribution in [0.4, 0.5) is 0 Å². The Bertz CT molecular complexity index is 452. The molecular formula is C17H28BNO2. The van der Waals surface area contributed by atoms with Crippen molar-refractivity contribution >= 4 is 13.2 Å². The summed E-state index contributed by atoms with van der Waals surface area (Å²) >= 11 is 0. The maximum Gasteiger partial charge on any atom is 0.311 e. The molecule has 0 spiro atoms. The lowest BCUT2D eigenvalue weighted by Gasteiger charge is -2.29. The molecule has 21 heavy (non-hydrogen) atoms. The van der Waals surface area contributed by atoms with E-state index in [0.717, 1.165) is 20.0 Å². The number of nitrogens with zero attached hydrogens (tertiary/aromatic N) is 1. The Morgan fingerprint density at radius 1 is 1.24 bits per heavy atom. The number of carbonyl (C=O) groups is 1. The first kappa shape index (κ1) is 17.7. The third kappa shape index (κ3) is 5.90. The maximum absolute atomic E-state index is 12.3. The Balaban J connectivity index is 2.65. The fourth-order valence-corrected chi connectivity index (χ4v) is 2.30. The smallest absolute Gasteiger partial charge is 0.311 e. The number of hydrogen-bond donors (Lipinski definition) is 0. The second kappa shape index (κ2) is 7.10. The highest BCUT2D eigenvalue weighted by atomic mass is 16.6. The molecular weight excluding hydrogens is 261 g/mol. The van der Waals surface area contributed by atoms with Crippen molar-refractivity contribution in [1.82, 2.24) is 4.98 Å². The summed E-state index contributed by atoms with van der Waals surface area (Å²) in [5.41, 5.74) is 0.421. The summed E-state index contributed by atoms with van der Waals surface area (Å²) < 4.78 is 5.53. The average molecular weight is 289 g/mol. The molecule has 1 aromatic rings. The van der Waals surface area contributed by atoms with Crippen LogP contribution < -0.4 is 0 Å². The molecule has 3 nitrogen and oxygen atoms in total. The van der Waals surface area contributed by atoms with Crippen LogP contribution in [0.25, 0.3) is 0 Å². The van der Waals surface area contributed by atoms with Gasteiger partial charge in [0.25, 0.3) is 0 Å². The Morgan fingerprint density at radius 3 is 2.29 bits per heavy atom. The third-order valence-electron chi connectivity index (χ3n) is 3.74. The summed E-state index contributed by atoms with van der Waals surface area (Å²) in [5, 5.41) is 0. The molecule has 0 aliphatic rings. The molecule has 4 heteroatoms. The largest absolute Gasteiger partial charge is 0.460 e. The molecule has 0 radical (unpaired) electrons. The van der Waals surface area contributed by atoms with Gasteiger partial charge in [0, 0.05) is 12.4 Å². The molecule has 1 heterocycles. The predicted octanol–water partition coefficient (Wildman–Crippen LogP) is 3.76. The van der Waals surface area contributed by atoms with E-state index in [4.69, 9.17) is 4.74 Å². The van der Waals surface area contributed by atoms with Gasteiger partial charge in [0.1, 0.15) is 12.9 Å². The number of rotatable bonds is 6. The van der Waals surface area contributed by atoms with Crippen LogP contribution >= 0.6 is 0 Å².